The molecule has 0 spiro atoms. The predicted octanol–water partition coefficient (Wildman–Crippen LogP) is 11.4. The van der Waals surface area contributed by atoms with Crippen molar-refractivity contribution in [3.63, 3.8) is 0 Å². The first-order valence-electron chi connectivity index (χ1n) is 20.1. The van der Waals surface area contributed by atoms with Crippen molar-refractivity contribution < 1.29 is 0 Å². The standard InChI is InChI=1S/C50H48N4/c1-50(2)43-22-11-10-21-41(43)42-28-26-37(32-44(42)50)36-27-29-46-38(30-36)25-24-33-14-9-12-23-45(33)54(46)40-20-13-19-39(31-40)49-52-47(34-15-5-3-6-16-34)51-48(53-49)35-17-7-4-8-18-35/h3,5,7,9-15,17-23,26-30,32,39,41,43,49H,4,6,8,16,24-25,31H2,1-2H3,(H,51,52,53). The molecule has 7 aliphatic rings. The monoisotopic (exact) mass is 704 g/mol. The van der Waals surface area contributed by atoms with Gasteiger partial charge in [-0.15, -0.1) is 0 Å². The van der Waals surface area contributed by atoms with Crippen molar-refractivity contribution in [2.24, 2.45) is 21.8 Å². The van der Waals surface area contributed by atoms with Gasteiger partial charge in [-0.2, -0.15) is 0 Å². The van der Waals surface area contributed by atoms with Gasteiger partial charge in [0.05, 0.1) is 0 Å². The van der Waals surface area contributed by atoms with Gasteiger partial charge in [-0.3, -0.25) is 0 Å². The summed E-state index contributed by atoms with van der Waals surface area (Å²) >= 11 is 0. The van der Waals surface area contributed by atoms with Gasteiger partial charge in [0.1, 0.15) is 11.7 Å². The molecule has 0 saturated heterocycles. The Hall–Kier alpha value is -5.48. The van der Waals surface area contributed by atoms with E-state index in [-0.39, 0.29) is 17.5 Å². The van der Waals surface area contributed by atoms with Crippen molar-refractivity contribution in [3.8, 4) is 11.1 Å². The molecule has 0 aromatic heterocycles. The third-order valence-electron chi connectivity index (χ3n) is 12.7. The zero-order valence-corrected chi connectivity index (χ0v) is 31.4. The number of fused-ring (bicyclic) bond motifs is 5. The highest BCUT2D eigenvalue weighted by Gasteiger charge is 2.44. The van der Waals surface area contributed by atoms with Gasteiger partial charge in [0.15, 0.2) is 6.17 Å². The van der Waals surface area contributed by atoms with Crippen LogP contribution in [0.15, 0.2) is 166 Å². The lowest BCUT2D eigenvalue weighted by atomic mass is 9.74. The van der Waals surface area contributed by atoms with Gasteiger partial charge in [-0.1, -0.05) is 129 Å². The molecule has 54 heavy (non-hydrogen) atoms. The second-order valence-electron chi connectivity index (χ2n) is 16.4. The van der Waals surface area contributed by atoms with Crippen LogP contribution in [-0.2, 0) is 18.3 Å². The van der Waals surface area contributed by atoms with E-state index in [9.17, 15) is 0 Å². The number of nitrogens with one attached hydrogen (secondary N) is 1. The van der Waals surface area contributed by atoms with Gasteiger partial charge < -0.3 is 10.2 Å². The predicted molar refractivity (Wildman–Crippen MR) is 225 cm³/mol. The number of amidine groups is 2. The van der Waals surface area contributed by atoms with Crippen LogP contribution in [-0.4, -0.2) is 17.8 Å². The molecule has 4 nitrogen and oxygen atoms in total. The van der Waals surface area contributed by atoms with Crippen molar-refractivity contribution in [2.45, 2.75) is 76.3 Å². The summed E-state index contributed by atoms with van der Waals surface area (Å²) in [5.74, 6) is 3.03. The van der Waals surface area contributed by atoms with Gasteiger partial charge in [-0.25, -0.2) is 9.98 Å². The number of hydrogen-bond acceptors (Lipinski definition) is 4. The number of aryl methyl sites for hydroxylation is 2. The number of allylic oxidation sites excluding steroid dienone is 12. The Morgan fingerprint density at radius 1 is 0.722 bits per heavy atom. The molecule has 10 rings (SSSR count). The van der Waals surface area contributed by atoms with E-state index in [0.29, 0.717) is 11.8 Å². The molecule has 4 heteroatoms. The van der Waals surface area contributed by atoms with Crippen molar-refractivity contribution >= 4 is 23.0 Å². The van der Waals surface area contributed by atoms with E-state index < -0.39 is 0 Å². The van der Waals surface area contributed by atoms with Crippen molar-refractivity contribution in [2.75, 3.05) is 4.90 Å². The summed E-state index contributed by atoms with van der Waals surface area (Å²) in [5.41, 5.74) is 14.7. The van der Waals surface area contributed by atoms with E-state index in [0.717, 1.165) is 56.6 Å². The molecule has 3 aromatic rings. The van der Waals surface area contributed by atoms with Crippen LogP contribution in [0.4, 0.5) is 11.4 Å². The molecule has 1 N–H and O–H groups in total. The first kappa shape index (κ1) is 33.1. The lowest BCUT2D eigenvalue weighted by Crippen LogP contribution is -2.40. The quantitative estimate of drug-likeness (QED) is 0.287. The van der Waals surface area contributed by atoms with Crippen LogP contribution in [0.1, 0.15) is 74.1 Å². The van der Waals surface area contributed by atoms with Crippen LogP contribution in [0, 0.1) is 11.8 Å². The number of anilines is 2. The zero-order chi connectivity index (χ0) is 36.2. The summed E-state index contributed by atoms with van der Waals surface area (Å²) in [6.45, 7) is 4.85. The summed E-state index contributed by atoms with van der Waals surface area (Å²) in [7, 11) is 0. The van der Waals surface area contributed by atoms with E-state index in [4.69, 9.17) is 9.98 Å². The van der Waals surface area contributed by atoms with Gasteiger partial charge in [-0.05, 0) is 120 Å². The van der Waals surface area contributed by atoms with Gasteiger partial charge >= 0.3 is 0 Å². The molecule has 0 fully saturated rings. The molecular weight excluding hydrogens is 657 g/mol. The Bertz CT molecular complexity index is 2350. The first-order valence-corrected chi connectivity index (χ1v) is 20.1. The average Bonchev–Trinajstić information content (AvgIpc) is 3.34. The minimum atomic E-state index is -0.206. The third kappa shape index (κ3) is 5.75. The summed E-state index contributed by atoms with van der Waals surface area (Å²) in [5, 5.41) is 3.64. The van der Waals surface area contributed by atoms with E-state index in [1.165, 1.54) is 61.6 Å². The summed E-state index contributed by atoms with van der Waals surface area (Å²) in [4.78, 5) is 13.2. The van der Waals surface area contributed by atoms with E-state index in [2.05, 4.69) is 164 Å². The van der Waals surface area contributed by atoms with Crippen molar-refractivity contribution in [1.82, 2.24) is 5.32 Å². The summed E-state index contributed by atoms with van der Waals surface area (Å²) in [6.07, 6.45) is 36.4. The second-order valence-corrected chi connectivity index (χ2v) is 16.4. The fourth-order valence-electron chi connectivity index (χ4n) is 9.81. The van der Waals surface area contributed by atoms with Crippen LogP contribution in [0.3, 0.4) is 0 Å². The smallest absolute Gasteiger partial charge is 0.150 e. The molecular formula is C50H48N4. The molecule has 2 aliphatic heterocycles. The van der Waals surface area contributed by atoms with Gasteiger partial charge in [0, 0.05) is 34.5 Å². The second kappa shape index (κ2) is 13.4. The molecule has 0 saturated carbocycles. The van der Waals surface area contributed by atoms with Crippen molar-refractivity contribution in [3.05, 3.63) is 179 Å². The van der Waals surface area contributed by atoms with E-state index >= 15 is 0 Å². The van der Waals surface area contributed by atoms with Crippen molar-refractivity contribution in [1.29, 1.82) is 0 Å². The van der Waals surface area contributed by atoms with Crippen LogP contribution < -0.4 is 10.2 Å². The number of aliphatic imine (C=N–C) groups is 2. The van der Waals surface area contributed by atoms with Gasteiger partial charge in [0.2, 0.25) is 0 Å². The number of hydrogen-bond donors (Lipinski definition) is 1. The molecule has 3 aromatic carbocycles. The zero-order valence-electron chi connectivity index (χ0n) is 31.4. The Balaban J connectivity index is 1.000. The number of para-hydroxylation sites is 1. The Kier molecular flexibility index (Phi) is 8.23. The lowest BCUT2D eigenvalue weighted by molar-refractivity contribution is 0.394. The Labute approximate surface area is 320 Å². The minimum Gasteiger partial charge on any atom is -0.325 e. The average molecular weight is 705 g/mol. The maximum Gasteiger partial charge on any atom is 0.150 e. The number of benzene rings is 3. The first-order chi connectivity index (χ1) is 26.5. The molecule has 2 heterocycles. The molecule has 5 aliphatic carbocycles. The maximum atomic E-state index is 5.32. The lowest BCUT2D eigenvalue weighted by Gasteiger charge is -2.34. The molecule has 0 radical (unpaired) electrons. The third-order valence-corrected chi connectivity index (χ3v) is 12.7. The molecule has 4 atom stereocenters. The topological polar surface area (TPSA) is 40.0 Å². The number of nitrogens with zero attached hydrogens (tertiary/aromatic N) is 3. The highest BCUT2D eigenvalue weighted by Crippen LogP contribution is 2.53. The Morgan fingerprint density at radius 2 is 1.56 bits per heavy atom. The van der Waals surface area contributed by atoms with E-state index in [1.807, 2.05) is 0 Å². The molecule has 0 amide bonds. The highest BCUT2D eigenvalue weighted by molar-refractivity contribution is 6.16. The number of rotatable bonds is 5. The SMILES string of the molecule is CC1(C)c2cc(-c3ccc4c(c3)CCc3ccccc3N4C3=CC=CC(C4N=C(C5=CCCC=C5)NC(C5=CC=CCC5)=N4)C3)ccc2C2C=CC=CC21. The molecule has 4 unspecified atom stereocenters. The van der Waals surface area contributed by atoms with Crippen LogP contribution in [0.5, 0.6) is 0 Å². The van der Waals surface area contributed by atoms with Crippen LogP contribution in [0.2, 0.25) is 0 Å². The maximum absolute atomic E-state index is 5.32. The highest BCUT2D eigenvalue weighted by atomic mass is 15.2. The summed E-state index contributed by atoms with van der Waals surface area (Å²) < 4.78 is 0. The molecule has 0 bridgehead atoms. The van der Waals surface area contributed by atoms with Crippen LogP contribution >= 0.6 is 0 Å². The summed E-state index contributed by atoms with van der Waals surface area (Å²) in [6, 6.07) is 23.4. The van der Waals surface area contributed by atoms with Gasteiger partial charge in [0.25, 0.3) is 0 Å². The molecule has 268 valence electrons. The fourth-order valence-corrected chi connectivity index (χ4v) is 9.81. The normalized spacial score (nSPS) is 25.9. The largest absolute Gasteiger partial charge is 0.325 e. The fraction of sp³-hybridized carbons (Fsp3) is 0.280. The van der Waals surface area contributed by atoms with E-state index in [1.54, 1.807) is 0 Å². The Morgan fingerprint density at radius 3 is 2.44 bits per heavy atom. The van der Waals surface area contributed by atoms with Crippen LogP contribution in [0.25, 0.3) is 11.1 Å². The minimum absolute atomic E-state index is 0.0946.